The van der Waals surface area contributed by atoms with Gasteiger partial charge in [-0.2, -0.15) is 0 Å². The minimum absolute atomic E-state index is 0.0463. The molecule has 4 heteroatoms. The summed E-state index contributed by atoms with van der Waals surface area (Å²) < 4.78 is 4.66. The number of nitrogens with one attached hydrogen (secondary N) is 1. The lowest BCUT2D eigenvalue weighted by atomic mass is 9.93. The molecule has 14 heavy (non-hydrogen) atoms. The normalized spacial score (nSPS) is 26.4. The van der Waals surface area contributed by atoms with E-state index in [0.29, 0.717) is 5.92 Å². The number of methoxy groups -OCH3 is 1. The molecule has 0 aromatic rings. The van der Waals surface area contributed by atoms with E-state index in [1.807, 2.05) is 0 Å². The Bertz CT molecular complexity index is 238. The number of hydrogen-bond acceptors (Lipinski definition) is 3. The lowest BCUT2D eigenvalue weighted by Gasteiger charge is -2.18. The number of amides is 1. The minimum Gasteiger partial charge on any atom is -0.469 e. The summed E-state index contributed by atoms with van der Waals surface area (Å²) in [6.07, 6.45) is 1.09. The molecule has 0 aromatic carbocycles. The zero-order chi connectivity index (χ0) is 10.7. The van der Waals surface area contributed by atoms with Crippen molar-refractivity contribution in [3.05, 3.63) is 0 Å². The van der Waals surface area contributed by atoms with Crippen molar-refractivity contribution in [2.75, 3.05) is 7.11 Å². The Hall–Kier alpha value is -1.06. The summed E-state index contributed by atoms with van der Waals surface area (Å²) in [6.45, 7) is 4.14. The molecule has 80 valence electrons. The average molecular weight is 199 g/mol. The van der Waals surface area contributed by atoms with E-state index >= 15 is 0 Å². The van der Waals surface area contributed by atoms with E-state index in [-0.39, 0.29) is 30.3 Å². The lowest BCUT2D eigenvalue weighted by Crippen LogP contribution is -2.34. The molecule has 1 rings (SSSR count). The van der Waals surface area contributed by atoms with Gasteiger partial charge in [0.15, 0.2) is 0 Å². The first-order chi connectivity index (χ1) is 6.54. The highest BCUT2D eigenvalue weighted by atomic mass is 16.5. The van der Waals surface area contributed by atoms with E-state index in [0.717, 1.165) is 6.42 Å². The van der Waals surface area contributed by atoms with Crippen LogP contribution in [0.15, 0.2) is 0 Å². The molecule has 1 aliphatic rings. The van der Waals surface area contributed by atoms with Gasteiger partial charge in [-0.25, -0.2) is 0 Å². The maximum atomic E-state index is 11.3. The van der Waals surface area contributed by atoms with Crippen molar-refractivity contribution in [2.45, 2.75) is 32.7 Å². The first kappa shape index (κ1) is 11.0. The monoisotopic (exact) mass is 199 g/mol. The van der Waals surface area contributed by atoms with Crippen LogP contribution in [-0.2, 0) is 14.3 Å². The van der Waals surface area contributed by atoms with Crippen LogP contribution in [0.5, 0.6) is 0 Å². The summed E-state index contributed by atoms with van der Waals surface area (Å²) in [5, 5.41) is 2.81. The molecular formula is C10H17NO3. The molecule has 0 radical (unpaired) electrons. The molecule has 1 N–H and O–H groups in total. The molecule has 1 aliphatic heterocycles. The molecule has 1 amide bonds. The van der Waals surface area contributed by atoms with Gasteiger partial charge in [-0.15, -0.1) is 0 Å². The van der Waals surface area contributed by atoms with Crippen molar-refractivity contribution >= 4 is 11.9 Å². The second-order valence-corrected chi connectivity index (χ2v) is 4.14. The van der Waals surface area contributed by atoms with Crippen molar-refractivity contribution in [3.8, 4) is 0 Å². The summed E-state index contributed by atoms with van der Waals surface area (Å²) in [5.41, 5.74) is 0. The van der Waals surface area contributed by atoms with Crippen molar-refractivity contribution in [1.82, 2.24) is 5.32 Å². The Morgan fingerprint density at radius 1 is 1.64 bits per heavy atom. The van der Waals surface area contributed by atoms with Crippen molar-refractivity contribution in [1.29, 1.82) is 0 Å². The van der Waals surface area contributed by atoms with Crippen molar-refractivity contribution < 1.29 is 14.3 Å². The predicted molar refractivity (Wildman–Crippen MR) is 51.5 cm³/mol. The fraction of sp³-hybridized carbons (Fsp3) is 0.800. The Morgan fingerprint density at radius 3 is 2.79 bits per heavy atom. The van der Waals surface area contributed by atoms with E-state index < -0.39 is 0 Å². The number of carbonyl (C=O) groups is 2. The molecule has 1 heterocycles. The van der Waals surface area contributed by atoms with E-state index in [2.05, 4.69) is 23.9 Å². The molecule has 4 nitrogen and oxygen atoms in total. The van der Waals surface area contributed by atoms with Gasteiger partial charge in [0, 0.05) is 12.5 Å². The Kier molecular flexibility index (Phi) is 3.49. The molecule has 1 saturated heterocycles. The molecule has 2 atom stereocenters. The van der Waals surface area contributed by atoms with Gasteiger partial charge in [-0.3, -0.25) is 9.59 Å². The van der Waals surface area contributed by atoms with Gasteiger partial charge < -0.3 is 10.1 Å². The highest BCUT2D eigenvalue weighted by Gasteiger charge is 2.38. The summed E-state index contributed by atoms with van der Waals surface area (Å²) in [6, 6.07) is -0.0463. The third-order valence-electron chi connectivity index (χ3n) is 2.47. The van der Waals surface area contributed by atoms with Gasteiger partial charge in [-0.05, 0) is 12.3 Å². The standard InChI is InChI=1S/C10H17NO3/c1-6(2)4-8-7(10(13)14-3)5-9(12)11-8/h6-8H,4-5H2,1-3H3,(H,11,12)/t7-,8+/m0/s1. The summed E-state index contributed by atoms with van der Waals surface area (Å²) in [4.78, 5) is 22.5. The van der Waals surface area contributed by atoms with Gasteiger partial charge >= 0.3 is 5.97 Å². The van der Waals surface area contributed by atoms with Crippen LogP contribution in [0, 0.1) is 11.8 Å². The number of rotatable bonds is 3. The van der Waals surface area contributed by atoms with Crippen LogP contribution in [0.4, 0.5) is 0 Å². The first-order valence-corrected chi connectivity index (χ1v) is 4.91. The van der Waals surface area contributed by atoms with E-state index in [1.54, 1.807) is 0 Å². The Balaban J connectivity index is 2.62. The van der Waals surface area contributed by atoms with Crippen LogP contribution in [0.25, 0.3) is 0 Å². The summed E-state index contributed by atoms with van der Waals surface area (Å²) >= 11 is 0. The quantitative estimate of drug-likeness (QED) is 0.681. The molecular weight excluding hydrogens is 182 g/mol. The molecule has 0 spiro atoms. The van der Waals surface area contributed by atoms with E-state index in [9.17, 15) is 9.59 Å². The van der Waals surface area contributed by atoms with Gasteiger partial charge in [0.1, 0.15) is 0 Å². The number of hydrogen-bond donors (Lipinski definition) is 1. The summed E-state index contributed by atoms with van der Waals surface area (Å²) in [7, 11) is 1.36. The molecule has 1 fully saturated rings. The lowest BCUT2D eigenvalue weighted by molar-refractivity contribution is -0.146. The number of ether oxygens (including phenoxy) is 1. The van der Waals surface area contributed by atoms with Crippen LogP contribution < -0.4 is 5.32 Å². The second kappa shape index (κ2) is 4.44. The number of carbonyl (C=O) groups excluding carboxylic acids is 2. The second-order valence-electron chi connectivity index (χ2n) is 4.14. The van der Waals surface area contributed by atoms with Crippen molar-refractivity contribution in [2.24, 2.45) is 11.8 Å². The zero-order valence-corrected chi connectivity index (χ0v) is 8.87. The molecule has 0 saturated carbocycles. The van der Waals surface area contributed by atoms with Crippen LogP contribution >= 0.6 is 0 Å². The van der Waals surface area contributed by atoms with Crippen LogP contribution in [0.2, 0.25) is 0 Å². The molecule has 0 bridgehead atoms. The smallest absolute Gasteiger partial charge is 0.311 e. The highest BCUT2D eigenvalue weighted by Crippen LogP contribution is 2.23. The maximum Gasteiger partial charge on any atom is 0.311 e. The van der Waals surface area contributed by atoms with Crippen molar-refractivity contribution in [3.63, 3.8) is 0 Å². The third-order valence-corrected chi connectivity index (χ3v) is 2.47. The van der Waals surface area contributed by atoms with Crippen LogP contribution in [0.1, 0.15) is 26.7 Å². The van der Waals surface area contributed by atoms with Crippen LogP contribution in [-0.4, -0.2) is 25.0 Å². The minimum atomic E-state index is -0.296. The van der Waals surface area contributed by atoms with Gasteiger partial charge in [0.25, 0.3) is 0 Å². The molecule has 0 aromatic heterocycles. The Labute approximate surface area is 84.0 Å². The van der Waals surface area contributed by atoms with E-state index in [4.69, 9.17) is 0 Å². The zero-order valence-electron chi connectivity index (χ0n) is 8.87. The molecule has 0 unspecified atom stereocenters. The summed E-state index contributed by atoms with van der Waals surface area (Å²) in [5.74, 6) is -0.166. The first-order valence-electron chi connectivity index (χ1n) is 4.91. The van der Waals surface area contributed by atoms with Gasteiger partial charge in [0.05, 0.1) is 13.0 Å². The van der Waals surface area contributed by atoms with Crippen LogP contribution in [0.3, 0.4) is 0 Å². The third kappa shape index (κ3) is 2.47. The maximum absolute atomic E-state index is 11.3. The molecule has 0 aliphatic carbocycles. The SMILES string of the molecule is COC(=O)[C@H]1CC(=O)N[C@@H]1CC(C)C. The Morgan fingerprint density at radius 2 is 2.29 bits per heavy atom. The number of esters is 1. The fourth-order valence-corrected chi connectivity index (χ4v) is 1.84. The average Bonchev–Trinajstić information content (AvgIpc) is 2.44. The topological polar surface area (TPSA) is 55.4 Å². The van der Waals surface area contributed by atoms with Gasteiger partial charge in [0.2, 0.25) is 5.91 Å². The largest absolute Gasteiger partial charge is 0.469 e. The van der Waals surface area contributed by atoms with Gasteiger partial charge in [-0.1, -0.05) is 13.8 Å². The van der Waals surface area contributed by atoms with E-state index in [1.165, 1.54) is 7.11 Å². The fourth-order valence-electron chi connectivity index (χ4n) is 1.84. The predicted octanol–water partition coefficient (Wildman–Crippen LogP) is 0.710. The highest BCUT2D eigenvalue weighted by molar-refractivity contribution is 5.87.